The van der Waals surface area contributed by atoms with Crippen LogP contribution in [0, 0.1) is 5.92 Å². The van der Waals surface area contributed by atoms with Gasteiger partial charge in [-0.1, -0.05) is 48.9 Å². The number of thiazole rings is 1. The minimum absolute atomic E-state index is 0.0635. The Hall–Kier alpha value is -1.88. The fourth-order valence-electron chi connectivity index (χ4n) is 2.26. The van der Waals surface area contributed by atoms with E-state index in [1.165, 1.54) is 16.9 Å². The van der Waals surface area contributed by atoms with Gasteiger partial charge in [0.15, 0.2) is 5.13 Å². The molecule has 5 heteroatoms. The number of benzene rings is 1. The van der Waals surface area contributed by atoms with Crippen molar-refractivity contribution in [2.45, 2.75) is 32.6 Å². The molecule has 110 valence electrons. The quantitative estimate of drug-likeness (QED) is 0.885. The number of nitrogen functional groups attached to an aromatic ring is 1. The largest absolute Gasteiger partial charge is 0.389 e. The molecule has 1 aromatic carbocycles. The number of amides is 1. The van der Waals surface area contributed by atoms with Gasteiger partial charge in [0.2, 0.25) is 5.91 Å². The molecular formula is C16H19N3OS. The van der Waals surface area contributed by atoms with Crippen LogP contribution in [0.1, 0.15) is 31.7 Å². The molecule has 0 saturated heterocycles. The van der Waals surface area contributed by atoms with Crippen LogP contribution in [0.25, 0.3) is 11.3 Å². The van der Waals surface area contributed by atoms with Gasteiger partial charge in [-0.3, -0.25) is 4.79 Å². The molecule has 1 amide bonds. The number of aryl methyl sites for hydroxylation is 1. The fraction of sp³-hybridized carbons (Fsp3) is 0.375. The Bertz CT molecular complexity index is 644. The maximum absolute atomic E-state index is 11.8. The zero-order chi connectivity index (χ0) is 14.8. The number of nitrogens with zero attached hydrogens (tertiary/aromatic N) is 1. The second kappa shape index (κ2) is 5.85. The lowest BCUT2D eigenvalue weighted by Gasteiger charge is -2.02. The van der Waals surface area contributed by atoms with E-state index < -0.39 is 0 Å². The maximum atomic E-state index is 11.8. The zero-order valence-electron chi connectivity index (χ0n) is 12.1. The van der Waals surface area contributed by atoms with Crippen molar-refractivity contribution < 1.29 is 4.79 Å². The number of rotatable bonds is 5. The minimum Gasteiger partial charge on any atom is -0.389 e. The molecule has 21 heavy (non-hydrogen) atoms. The number of anilines is 2. The van der Waals surface area contributed by atoms with Crippen molar-refractivity contribution in [1.29, 1.82) is 0 Å². The average Bonchev–Trinajstić information content (AvgIpc) is 3.25. The van der Waals surface area contributed by atoms with Gasteiger partial charge < -0.3 is 11.1 Å². The Morgan fingerprint density at radius 1 is 1.38 bits per heavy atom. The summed E-state index contributed by atoms with van der Waals surface area (Å²) in [6.45, 7) is 2.17. The van der Waals surface area contributed by atoms with Crippen LogP contribution >= 0.6 is 11.3 Å². The van der Waals surface area contributed by atoms with Crippen LogP contribution in [0.3, 0.4) is 0 Å². The van der Waals surface area contributed by atoms with Crippen LogP contribution in [-0.2, 0) is 11.2 Å². The lowest BCUT2D eigenvalue weighted by atomic mass is 10.1. The monoisotopic (exact) mass is 301 g/mol. The Morgan fingerprint density at radius 3 is 2.71 bits per heavy atom. The van der Waals surface area contributed by atoms with Gasteiger partial charge in [0.05, 0.1) is 0 Å². The molecule has 0 unspecified atom stereocenters. The second-order valence-electron chi connectivity index (χ2n) is 5.44. The van der Waals surface area contributed by atoms with Gasteiger partial charge in [0, 0.05) is 11.5 Å². The molecule has 1 saturated carbocycles. The molecule has 0 bridgehead atoms. The molecule has 1 aliphatic rings. The van der Waals surface area contributed by atoms with Crippen LogP contribution in [0.4, 0.5) is 10.1 Å². The zero-order valence-corrected chi connectivity index (χ0v) is 12.9. The molecule has 2 aromatic rings. The number of nitrogens with two attached hydrogens (primary N) is 1. The first-order valence-corrected chi connectivity index (χ1v) is 8.15. The topological polar surface area (TPSA) is 68.0 Å². The van der Waals surface area contributed by atoms with E-state index in [0.717, 1.165) is 36.9 Å². The summed E-state index contributed by atoms with van der Waals surface area (Å²) in [6, 6.07) is 8.31. The third kappa shape index (κ3) is 3.24. The first kappa shape index (κ1) is 14.1. The van der Waals surface area contributed by atoms with E-state index in [1.54, 1.807) is 0 Å². The third-order valence-corrected chi connectivity index (χ3v) is 4.40. The Kier molecular flexibility index (Phi) is 3.92. The van der Waals surface area contributed by atoms with Crippen LogP contribution in [-0.4, -0.2) is 10.9 Å². The van der Waals surface area contributed by atoms with E-state index >= 15 is 0 Å². The van der Waals surface area contributed by atoms with E-state index in [-0.39, 0.29) is 11.8 Å². The van der Waals surface area contributed by atoms with Crippen molar-refractivity contribution in [2.75, 3.05) is 11.1 Å². The molecule has 0 spiro atoms. The average molecular weight is 301 g/mol. The number of aromatic nitrogens is 1. The molecule has 3 N–H and O–H groups in total. The summed E-state index contributed by atoms with van der Waals surface area (Å²) in [6.07, 6.45) is 4.18. The number of nitrogens with one attached hydrogen (secondary N) is 1. The smallest absolute Gasteiger partial charge is 0.229 e. The summed E-state index contributed by atoms with van der Waals surface area (Å²) < 4.78 is 0. The molecule has 1 heterocycles. The van der Waals surface area contributed by atoms with Gasteiger partial charge in [-0.05, 0) is 24.8 Å². The lowest BCUT2D eigenvalue weighted by molar-refractivity contribution is -0.117. The highest BCUT2D eigenvalue weighted by molar-refractivity contribution is 7.20. The van der Waals surface area contributed by atoms with Gasteiger partial charge in [-0.15, -0.1) is 0 Å². The van der Waals surface area contributed by atoms with Crippen LogP contribution in [0.5, 0.6) is 0 Å². The molecule has 1 aliphatic carbocycles. The molecule has 1 aromatic heterocycles. The summed E-state index contributed by atoms with van der Waals surface area (Å²) in [5.74, 6) is 0.237. The van der Waals surface area contributed by atoms with E-state index in [2.05, 4.69) is 29.4 Å². The van der Waals surface area contributed by atoms with E-state index in [0.29, 0.717) is 10.1 Å². The molecule has 0 aliphatic heterocycles. The minimum atomic E-state index is 0.0635. The van der Waals surface area contributed by atoms with Gasteiger partial charge in [-0.25, -0.2) is 4.98 Å². The summed E-state index contributed by atoms with van der Waals surface area (Å²) in [5, 5.41) is 4.09. The lowest BCUT2D eigenvalue weighted by Crippen LogP contribution is -2.12. The van der Waals surface area contributed by atoms with Crippen LogP contribution in [0.2, 0.25) is 0 Å². The van der Waals surface area contributed by atoms with Crippen molar-refractivity contribution in [2.24, 2.45) is 5.92 Å². The standard InChI is InChI=1S/C16H19N3OS/c1-2-3-10-4-6-11(7-5-10)13-14(17)21-16(18-13)19-15(20)12-8-9-12/h4-7,12H,2-3,8-9,17H2,1H3,(H,18,19,20). The SMILES string of the molecule is CCCc1ccc(-c2nc(NC(=O)C3CC3)sc2N)cc1. The van der Waals surface area contributed by atoms with Gasteiger partial charge in [0.1, 0.15) is 10.7 Å². The summed E-state index contributed by atoms with van der Waals surface area (Å²) in [7, 11) is 0. The van der Waals surface area contributed by atoms with Crippen molar-refractivity contribution in [3.8, 4) is 11.3 Å². The molecule has 0 atom stereocenters. The highest BCUT2D eigenvalue weighted by atomic mass is 32.1. The first-order valence-electron chi connectivity index (χ1n) is 7.34. The van der Waals surface area contributed by atoms with Crippen LogP contribution in [0.15, 0.2) is 24.3 Å². The van der Waals surface area contributed by atoms with Gasteiger partial charge in [0.25, 0.3) is 0 Å². The third-order valence-electron chi connectivity index (χ3n) is 3.60. The summed E-state index contributed by atoms with van der Waals surface area (Å²) in [4.78, 5) is 16.2. The van der Waals surface area contributed by atoms with Gasteiger partial charge >= 0.3 is 0 Å². The van der Waals surface area contributed by atoms with Gasteiger partial charge in [-0.2, -0.15) is 0 Å². The molecule has 3 rings (SSSR count). The number of carbonyl (C=O) groups excluding carboxylic acids is 1. The predicted octanol–water partition coefficient (Wildman–Crippen LogP) is 3.69. The maximum Gasteiger partial charge on any atom is 0.229 e. The number of hydrogen-bond donors (Lipinski definition) is 2. The Labute approximate surface area is 128 Å². The Morgan fingerprint density at radius 2 is 2.10 bits per heavy atom. The van der Waals surface area contributed by atoms with Crippen molar-refractivity contribution >= 4 is 27.4 Å². The molecule has 0 radical (unpaired) electrons. The van der Waals surface area contributed by atoms with Crippen molar-refractivity contribution in [3.05, 3.63) is 29.8 Å². The highest BCUT2D eigenvalue weighted by Crippen LogP contribution is 2.35. The summed E-state index contributed by atoms with van der Waals surface area (Å²) in [5.41, 5.74) is 9.11. The second-order valence-corrected chi connectivity index (χ2v) is 6.47. The molecular weight excluding hydrogens is 282 g/mol. The van der Waals surface area contributed by atoms with Crippen molar-refractivity contribution in [1.82, 2.24) is 4.98 Å². The predicted molar refractivity (Wildman–Crippen MR) is 87.3 cm³/mol. The van der Waals surface area contributed by atoms with E-state index in [9.17, 15) is 4.79 Å². The normalized spacial score (nSPS) is 14.1. The molecule has 1 fully saturated rings. The Balaban J connectivity index is 1.78. The van der Waals surface area contributed by atoms with E-state index in [4.69, 9.17) is 5.73 Å². The number of carbonyl (C=O) groups is 1. The highest BCUT2D eigenvalue weighted by Gasteiger charge is 2.30. The summed E-state index contributed by atoms with van der Waals surface area (Å²) >= 11 is 1.33. The number of hydrogen-bond acceptors (Lipinski definition) is 4. The first-order chi connectivity index (χ1) is 10.2. The fourth-order valence-corrected chi connectivity index (χ4v) is 3.02. The molecule has 4 nitrogen and oxygen atoms in total. The van der Waals surface area contributed by atoms with Crippen LogP contribution < -0.4 is 11.1 Å². The van der Waals surface area contributed by atoms with Crippen molar-refractivity contribution in [3.63, 3.8) is 0 Å². The van der Waals surface area contributed by atoms with E-state index in [1.807, 2.05) is 12.1 Å².